The molecule has 0 saturated heterocycles. The van der Waals surface area contributed by atoms with E-state index in [2.05, 4.69) is 15.3 Å². The van der Waals surface area contributed by atoms with Crippen molar-refractivity contribution < 1.29 is 0 Å². The zero-order valence-corrected chi connectivity index (χ0v) is 9.76. The van der Waals surface area contributed by atoms with E-state index in [1.54, 1.807) is 12.3 Å². The fourth-order valence-electron chi connectivity index (χ4n) is 2.34. The summed E-state index contributed by atoms with van der Waals surface area (Å²) in [5.41, 5.74) is 6.16. The van der Waals surface area contributed by atoms with Gasteiger partial charge in [-0.2, -0.15) is 5.26 Å². The molecule has 1 heterocycles. The summed E-state index contributed by atoms with van der Waals surface area (Å²) in [6, 6.07) is 3.95. The maximum absolute atomic E-state index is 8.78. The van der Waals surface area contributed by atoms with Gasteiger partial charge in [-0.25, -0.2) is 9.97 Å². The van der Waals surface area contributed by atoms with E-state index in [-0.39, 0.29) is 0 Å². The standard InChI is InChI=1S/C12H17N5/c13-7-9-3-1-2-4-11(9)17-12-15-6-5-10(8-14)16-12/h5-6,9,11H,1-4,7,13H2,(H,15,16,17). The molecule has 17 heavy (non-hydrogen) atoms. The number of nitrogens with two attached hydrogens (primary N) is 1. The normalized spacial score (nSPS) is 24.0. The summed E-state index contributed by atoms with van der Waals surface area (Å²) in [7, 11) is 0. The van der Waals surface area contributed by atoms with Gasteiger partial charge < -0.3 is 11.1 Å². The second kappa shape index (κ2) is 5.60. The summed E-state index contributed by atoms with van der Waals surface area (Å²) in [5, 5.41) is 12.1. The van der Waals surface area contributed by atoms with Gasteiger partial charge in [-0.05, 0) is 31.4 Å². The lowest BCUT2D eigenvalue weighted by Gasteiger charge is -2.31. The van der Waals surface area contributed by atoms with Crippen molar-refractivity contribution in [2.24, 2.45) is 11.7 Å². The third-order valence-corrected chi connectivity index (χ3v) is 3.30. The zero-order chi connectivity index (χ0) is 12.1. The van der Waals surface area contributed by atoms with Crippen molar-refractivity contribution in [3.05, 3.63) is 18.0 Å². The average Bonchev–Trinajstić information content (AvgIpc) is 2.39. The van der Waals surface area contributed by atoms with Gasteiger partial charge in [0.25, 0.3) is 0 Å². The molecule has 0 bridgehead atoms. The van der Waals surface area contributed by atoms with E-state index < -0.39 is 0 Å². The lowest BCUT2D eigenvalue weighted by Crippen LogP contribution is -2.37. The summed E-state index contributed by atoms with van der Waals surface area (Å²) in [6.07, 6.45) is 6.33. The molecule has 2 rings (SSSR count). The number of rotatable bonds is 3. The number of hydrogen-bond acceptors (Lipinski definition) is 5. The molecular weight excluding hydrogens is 214 g/mol. The van der Waals surface area contributed by atoms with E-state index in [9.17, 15) is 0 Å². The fraction of sp³-hybridized carbons (Fsp3) is 0.583. The molecule has 1 aliphatic carbocycles. The first-order valence-corrected chi connectivity index (χ1v) is 6.03. The average molecular weight is 231 g/mol. The molecule has 1 aliphatic rings. The Morgan fingerprint density at radius 1 is 1.47 bits per heavy atom. The third-order valence-electron chi connectivity index (χ3n) is 3.30. The van der Waals surface area contributed by atoms with Gasteiger partial charge in [0.15, 0.2) is 0 Å². The molecule has 0 amide bonds. The van der Waals surface area contributed by atoms with E-state index in [1.807, 2.05) is 6.07 Å². The number of aromatic nitrogens is 2. The number of anilines is 1. The van der Waals surface area contributed by atoms with Crippen molar-refractivity contribution in [3.8, 4) is 6.07 Å². The Balaban J connectivity index is 2.06. The van der Waals surface area contributed by atoms with E-state index in [0.717, 1.165) is 12.8 Å². The van der Waals surface area contributed by atoms with Gasteiger partial charge in [0.1, 0.15) is 11.8 Å². The van der Waals surface area contributed by atoms with Crippen molar-refractivity contribution in [1.29, 1.82) is 5.26 Å². The van der Waals surface area contributed by atoms with Crippen LogP contribution in [0.25, 0.3) is 0 Å². The number of hydrogen-bond donors (Lipinski definition) is 2. The summed E-state index contributed by atoms with van der Waals surface area (Å²) in [4.78, 5) is 8.27. The van der Waals surface area contributed by atoms with Gasteiger partial charge in [-0.3, -0.25) is 0 Å². The van der Waals surface area contributed by atoms with E-state index in [0.29, 0.717) is 30.1 Å². The zero-order valence-electron chi connectivity index (χ0n) is 9.76. The van der Waals surface area contributed by atoms with Crippen molar-refractivity contribution in [2.75, 3.05) is 11.9 Å². The molecule has 0 aliphatic heterocycles. The van der Waals surface area contributed by atoms with Crippen LogP contribution in [-0.4, -0.2) is 22.6 Å². The fourth-order valence-corrected chi connectivity index (χ4v) is 2.34. The van der Waals surface area contributed by atoms with Crippen LogP contribution in [0.1, 0.15) is 31.4 Å². The molecule has 0 radical (unpaired) electrons. The summed E-state index contributed by atoms with van der Waals surface area (Å²) in [6.45, 7) is 0.690. The highest BCUT2D eigenvalue weighted by Gasteiger charge is 2.24. The van der Waals surface area contributed by atoms with Crippen molar-refractivity contribution >= 4 is 5.95 Å². The lowest BCUT2D eigenvalue weighted by molar-refractivity contribution is 0.331. The van der Waals surface area contributed by atoms with E-state index >= 15 is 0 Å². The second-order valence-corrected chi connectivity index (χ2v) is 4.41. The van der Waals surface area contributed by atoms with Crippen molar-refractivity contribution in [1.82, 2.24) is 9.97 Å². The van der Waals surface area contributed by atoms with Gasteiger partial charge in [0.05, 0.1) is 0 Å². The topological polar surface area (TPSA) is 87.6 Å². The van der Waals surface area contributed by atoms with Crippen LogP contribution < -0.4 is 11.1 Å². The maximum Gasteiger partial charge on any atom is 0.224 e. The van der Waals surface area contributed by atoms with Crippen molar-refractivity contribution in [2.45, 2.75) is 31.7 Å². The predicted octanol–water partition coefficient (Wildman–Crippen LogP) is 1.28. The van der Waals surface area contributed by atoms with Crippen LogP contribution in [-0.2, 0) is 0 Å². The van der Waals surface area contributed by atoms with Crippen LogP contribution in [0.15, 0.2) is 12.3 Å². The highest BCUT2D eigenvalue weighted by molar-refractivity contribution is 5.31. The smallest absolute Gasteiger partial charge is 0.224 e. The van der Waals surface area contributed by atoms with Crippen molar-refractivity contribution in [3.63, 3.8) is 0 Å². The van der Waals surface area contributed by atoms with Crippen LogP contribution in [0, 0.1) is 17.2 Å². The highest BCUT2D eigenvalue weighted by Crippen LogP contribution is 2.25. The molecule has 5 heteroatoms. The first-order valence-electron chi connectivity index (χ1n) is 6.03. The van der Waals surface area contributed by atoms with E-state index in [1.165, 1.54) is 12.8 Å². The number of nitrogens with one attached hydrogen (secondary N) is 1. The Hall–Kier alpha value is -1.67. The quantitative estimate of drug-likeness (QED) is 0.818. The molecule has 5 nitrogen and oxygen atoms in total. The summed E-state index contributed by atoms with van der Waals surface area (Å²) < 4.78 is 0. The van der Waals surface area contributed by atoms with Gasteiger partial charge in [-0.1, -0.05) is 12.8 Å². The van der Waals surface area contributed by atoms with E-state index in [4.69, 9.17) is 11.0 Å². The van der Waals surface area contributed by atoms with Crippen LogP contribution in [0.5, 0.6) is 0 Å². The molecular formula is C12H17N5. The van der Waals surface area contributed by atoms with Crippen LogP contribution in [0.4, 0.5) is 5.95 Å². The third kappa shape index (κ3) is 2.92. The van der Waals surface area contributed by atoms with Crippen LogP contribution >= 0.6 is 0 Å². The first-order chi connectivity index (χ1) is 8.33. The monoisotopic (exact) mass is 231 g/mol. The molecule has 0 spiro atoms. The molecule has 1 aromatic rings. The van der Waals surface area contributed by atoms with Crippen LogP contribution in [0.3, 0.4) is 0 Å². The van der Waals surface area contributed by atoms with Gasteiger partial charge in [-0.15, -0.1) is 0 Å². The highest BCUT2D eigenvalue weighted by atomic mass is 15.1. The Morgan fingerprint density at radius 3 is 3.06 bits per heavy atom. The van der Waals surface area contributed by atoms with Gasteiger partial charge >= 0.3 is 0 Å². The predicted molar refractivity (Wildman–Crippen MR) is 65.2 cm³/mol. The lowest BCUT2D eigenvalue weighted by atomic mass is 9.84. The minimum absolute atomic E-state index is 0.336. The van der Waals surface area contributed by atoms with Crippen LogP contribution in [0.2, 0.25) is 0 Å². The number of nitrogens with zero attached hydrogens (tertiary/aromatic N) is 3. The molecule has 2 atom stereocenters. The Kier molecular flexibility index (Phi) is 3.89. The molecule has 1 aromatic heterocycles. The van der Waals surface area contributed by atoms with Gasteiger partial charge in [0.2, 0.25) is 5.95 Å². The maximum atomic E-state index is 8.78. The molecule has 0 aromatic carbocycles. The second-order valence-electron chi connectivity index (χ2n) is 4.41. The Bertz CT molecular complexity index is 412. The molecule has 90 valence electrons. The number of nitriles is 1. The van der Waals surface area contributed by atoms with Gasteiger partial charge in [0, 0.05) is 12.2 Å². The summed E-state index contributed by atoms with van der Waals surface area (Å²) >= 11 is 0. The Morgan fingerprint density at radius 2 is 2.29 bits per heavy atom. The molecule has 2 unspecified atom stereocenters. The molecule has 3 N–H and O–H groups in total. The first kappa shape index (κ1) is 11.8. The summed E-state index contributed by atoms with van der Waals surface area (Å²) in [5.74, 6) is 1.02. The molecule has 1 saturated carbocycles. The Labute approximate surface area is 101 Å². The SMILES string of the molecule is N#Cc1ccnc(NC2CCCCC2CN)n1. The molecule has 1 fully saturated rings. The minimum atomic E-state index is 0.336. The largest absolute Gasteiger partial charge is 0.351 e. The minimum Gasteiger partial charge on any atom is -0.351 e.